The molecule has 2 heterocycles. The molecule has 0 aliphatic carbocycles. The van der Waals surface area contributed by atoms with Crippen molar-refractivity contribution in [1.29, 1.82) is 0 Å². The van der Waals surface area contributed by atoms with E-state index in [0.29, 0.717) is 28.7 Å². The molecule has 1 aliphatic heterocycles. The van der Waals surface area contributed by atoms with Gasteiger partial charge in [0.05, 0.1) is 30.7 Å². The van der Waals surface area contributed by atoms with Crippen LogP contribution < -0.4 is 0 Å². The number of ether oxygens (including phenoxy) is 1. The van der Waals surface area contributed by atoms with Crippen LogP contribution in [0.1, 0.15) is 38.4 Å². The lowest BCUT2D eigenvalue weighted by Gasteiger charge is -2.15. The number of rotatable bonds is 7. The summed E-state index contributed by atoms with van der Waals surface area (Å²) in [5.74, 6) is -0.441. The maximum atomic E-state index is 13.7. The Labute approximate surface area is 232 Å². The van der Waals surface area contributed by atoms with E-state index in [1.54, 1.807) is 11.0 Å². The number of benzene rings is 3. The van der Waals surface area contributed by atoms with Gasteiger partial charge in [0, 0.05) is 17.1 Å². The van der Waals surface area contributed by atoms with Gasteiger partial charge in [-0.05, 0) is 72.6 Å². The molecule has 39 heavy (non-hydrogen) atoms. The molecular formula is C32H29N3O3S. The molecule has 1 amide bonds. The normalized spacial score (nSPS) is 15.4. The first-order valence-corrected chi connectivity index (χ1v) is 13.5. The number of aliphatic imine (C=N–C) groups is 1. The van der Waals surface area contributed by atoms with Crippen molar-refractivity contribution >= 4 is 34.9 Å². The minimum absolute atomic E-state index is 0.0619. The lowest BCUT2D eigenvalue weighted by molar-refractivity contribution is -0.122. The monoisotopic (exact) mass is 535 g/mol. The van der Waals surface area contributed by atoms with E-state index in [-0.39, 0.29) is 11.9 Å². The van der Waals surface area contributed by atoms with Crippen LogP contribution in [0.15, 0.2) is 101 Å². The number of hydrogen-bond donors (Lipinski definition) is 0. The molecule has 0 unspecified atom stereocenters. The molecule has 1 aliphatic rings. The van der Waals surface area contributed by atoms with Crippen LogP contribution in [0, 0.1) is 13.8 Å². The summed E-state index contributed by atoms with van der Waals surface area (Å²) >= 11 is 1.41. The molecule has 7 heteroatoms. The number of methoxy groups -OCH3 is 1. The van der Waals surface area contributed by atoms with Gasteiger partial charge in [0.2, 0.25) is 0 Å². The zero-order valence-electron chi connectivity index (χ0n) is 22.1. The highest BCUT2D eigenvalue weighted by atomic mass is 32.2. The first kappa shape index (κ1) is 26.3. The number of carbonyl (C=O) groups is 2. The fraction of sp³-hybridized carbons (Fsp3) is 0.156. The molecule has 0 spiro atoms. The van der Waals surface area contributed by atoms with Crippen molar-refractivity contribution in [2.75, 3.05) is 7.11 Å². The van der Waals surface area contributed by atoms with Crippen molar-refractivity contribution in [3.05, 3.63) is 130 Å². The van der Waals surface area contributed by atoms with Crippen LogP contribution in [0.2, 0.25) is 0 Å². The number of amidine groups is 1. The maximum absolute atomic E-state index is 13.7. The van der Waals surface area contributed by atoms with Gasteiger partial charge in [-0.25, -0.2) is 4.79 Å². The molecule has 1 aromatic heterocycles. The standard InChI is InChI=1S/C32H29N3O3S/c1-22-17-27(23(2)35(22)28-16-10-15-26(18-28)31(37)38-3)19-29-30(36)34(21-25-13-8-5-9-14-25)32(39-29)33-20-24-11-6-4-7-12-24/h4-19H,20-21H2,1-3H3/b29-19+,33-32?. The van der Waals surface area contributed by atoms with Crippen molar-refractivity contribution in [1.82, 2.24) is 9.47 Å². The van der Waals surface area contributed by atoms with Gasteiger partial charge in [0.1, 0.15) is 0 Å². The molecule has 5 rings (SSSR count). The maximum Gasteiger partial charge on any atom is 0.337 e. The van der Waals surface area contributed by atoms with Crippen molar-refractivity contribution in [3.63, 3.8) is 0 Å². The van der Waals surface area contributed by atoms with Crippen molar-refractivity contribution < 1.29 is 14.3 Å². The number of esters is 1. The zero-order chi connectivity index (χ0) is 27.4. The molecule has 1 saturated heterocycles. The summed E-state index contributed by atoms with van der Waals surface area (Å²) in [5, 5.41) is 0.693. The molecule has 0 bridgehead atoms. The predicted octanol–water partition coefficient (Wildman–Crippen LogP) is 6.55. The number of carbonyl (C=O) groups excluding carboxylic acids is 2. The van der Waals surface area contributed by atoms with Gasteiger partial charge in [-0.2, -0.15) is 0 Å². The summed E-state index contributed by atoms with van der Waals surface area (Å²) in [6.07, 6.45) is 1.94. The number of aromatic nitrogens is 1. The third-order valence-electron chi connectivity index (χ3n) is 6.59. The van der Waals surface area contributed by atoms with Crippen LogP contribution in [0.4, 0.5) is 0 Å². The number of hydrogen-bond acceptors (Lipinski definition) is 5. The highest BCUT2D eigenvalue weighted by Gasteiger charge is 2.33. The first-order chi connectivity index (χ1) is 18.9. The summed E-state index contributed by atoms with van der Waals surface area (Å²) in [7, 11) is 1.38. The average molecular weight is 536 g/mol. The smallest absolute Gasteiger partial charge is 0.337 e. The molecule has 1 fully saturated rings. The second-order valence-corrected chi connectivity index (χ2v) is 10.3. The Hall–Kier alpha value is -4.36. The Morgan fingerprint density at radius 1 is 0.923 bits per heavy atom. The molecule has 0 radical (unpaired) electrons. The number of nitrogens with zero attached hydrogens (tertiary/aromatic N) is 3. The predicted molar refractivity (Wildman–Crippen MR) is 157 cm³/mol. The van der Waals surface area contributed by atoms with Gasteiger partial charge in [-0.15, -0.1) is 0 Å². The van der Waals surface area contributed by atoms with E-state index in [0.717, 1.165) is 33.8 Å². The first-order valence-electron chi connectivity index (χ1n) is 12.7. The highest BCUT2D eigenvalue weighted by Crippen LogP contribution is 2.35. The minimum Gasteiger partial charge on any atom is -0.465 e. The molecule has 0 saturated carbocycles. The van der Waals surface area contributed by atoms with Crippen LogP contribution in [0.25, 0.3) is 11.8 Å². The lowest BCUT2D eigenvalue weighted by atomic mass is 10.2. The zero-order valence-corrected chi connectivity index (χ0v) is 22.9. The van der Waals surface area contributed by atoms with Gasteiger partial charge in [0.25, 0.3) is 5.91 Å². The Bertz CT molecular complexity index is 1570. The second kappa shape index (κ2) is 11.6. The topological polar surface area (TPSA) is 63.9 Å². The summed E-state index contributed by atoms with van der Waals surface area (Å²) < 4.78 is 6.97. The number of thioether (sulfide) groups is 1. The highest BCUT2D eigenvalue weighted by molar-refractivity contribution is 8.18. The molecular weight excluding hydrogens is 506 g/mol. The fourth-order valence-electron chi connectivity index (χ4n) is 4.64. The SMILES string of the molecule is COC(=O)c1cccc(-n2c(C)cc(/C=C3/SC(=NCc4ccccc4)N(Cc4ccccc4)C3=O)c2C)c1. The summed E-state index contributed by atoms with van der Waals surface area (Å²) in [5.41, 5.74) is 6.39. The number of amides is 1. The molecule has 3 aromatic carbocycles. The lowest BCUT2D eigenvalue weighted by Crippen LogP contribution is -2.28. The van der Waals surface area contributed by atoms with Crippen molar-refractivity contribution in [3.8, 4) is 5.69 Å². The van der Waals surface area contributed by atoms with E-state index in [1.165, 1.54) is 18.9 Å². The third-order valence-corrected chi connectivity index (χ3v) is 7.64. The third kappa shape index (κ3) is 5.73. The Balaban J connectivity index is 1.48. The van der Waals surface area contributed by atoms with Gasteiger partial charge in [-0.1, -0.05) is 66.7 Å². The van der Waals surface area contributed by atoms with Crippen LogP contribution in [0.3, 0.4) is 0 Å². The Morgan fingerprint density at radius 3 is 2.31 bits per heavy atom. The number of aryl methyl sites for hydroxylation is 1. The molecule has 4 aromatic rings. The quantitative estimate of drug-likeness (QED) is 0.199. The summed E-state index contributed by atoms with van der Waals surface area (Å²) in [6, 6.07) is 29.4. The molecule has 6 nitrogen and oxygen atoms in total. The van der Waals surface area contributed by atoms with E-state index in [2.05, 4.69) is 10.6 Å². The summed E-state index contributed by atoms with van der Waals surface area (Å²) in [4.78, 5) is 33.0. The van der Waals surface area contributed by atoms with E-state index < -0.39 is 0 Å². The second-order valence-electron chi connectivity index (χ2n) is 9.28. The molecule has 0 atom stereocenters. The Morgan fingerprint density at radius 2 is 1.62 bits per heavy atom. The van der Waals surface area contributed by atoms with Crippen molar-refractivity contribution in [2.24, 2.45) is 4.99 Å². The molecule has 0 N–H and O–H groups in total. The average Bonchev–Trinajstić information content (AvgIpc) is 3.41. The van der Waals surface area contributed by atoms with Gasteiger partial charge in [0.15, 0.2) is 5.17 Å². The van der Waals surface area contributed by atoms with Crippen LogP contribution >= 0.6 is 11.8 Å². The Kier molecular flexibility index (Phi) is 7.79. The van der Waals surface area contributed by atoms with Crippen LogP contribution in [-0.4, -0.2) is 33.6 Å². The van der Waals surface area contributed by atoms with Gasteiger partial charge in [-0.3, -0.25) is 14.7 Å². The van der Waals surface area contributed by atoms with Gasteiger partial charge >= 0.3 is 5.97 Å². The largest absolute Gasteiger partial charge is 0.465 e. The van der Waals surface area contributed by atoms with Crippen LogP contribution in [0.5, 0.6) is 0 Å². The fourth-order valence-corrected chi connectivity index (χ4v) is 5.60. The minimum atomic E-state index is -0.379. The van der Waals surface area contributed by atoms with Gasteiger partial charge < -0.3 is 9.30 Å². The van der Waals surface area contributed by atoms with E-state index in [4.69, 9.17) is 9.73 Å². The van der Waals surface area contributed by atoms with E-state index in [9.17, 15) is 9.59 Å². The van der Waals surface area contributed by atoms with Crippen molar-refractivity contribution in [2.45, 2.75) is 26.9 Å². The van der Waals surface area contributed by atoms with Crippen LogP contribution in [-0.2, 0) is 22.6 Å². The molecule has 196 valence electrons. The van der Waals surface area contributed by atoms with E-state index in [1.807, 2.05) is 98.8 Å². The summed E-state index contributed by atoms with van der Waals surface area (Å²) in [6.45, 7) is 4.98. The van der Waals surface area contributed by atoms with E-state index >= 15 is 0 Å².